The van der Waals surface area contributed by atoms with Crippen molar-refractivity contribution >= 4 is 33.4 Å². The number of benzene rings is 3. The molecule has 1 aliphatic rings. The Morgan fingerprint density at radius 1 is 1.00 bits per heavy atom. The number of fused-ring (bicyclic) bond motifs is 1. The number of hydrogen-bond acceptors (Lipinski definition) is 5. The lowest BCUT2D eigenvalue weighted by Gasteiger charge is -2.31. The van der Waals surface area contributed by atoms with Crippen molar-refractivity contribution in [1.29, 1.82) is 0 Å². The molecule has 2 amide bonds. The zero-order chi connectivity index (χ0) is 24.4. The number of hydrogen-bond donors (Lipinski definition) is 1. The highest BCUT2D eigenvalue weighted by atomic mass is 79.9. The molecule has 3 aromatic carbocycles. The van der Waals surface area contributed by atoms with Gasteiger partial charge in [0.15, 0.2) is 11.5 Å². The third-order valence-electron chi connectivity index (χ3n) is 5.57. The first kappa shape index (κ1) is 23.6. The lowest BCUT2D eigenvalue weighted by molar-refractivity contribution is -0.117. The molecule has 3 aromatic rings. The number of amides is 2. The number of nitrogens with zero attached hydrogens (tertiary/aromatic N) is 1. The Balaban J connectivity index is 1.90. The quantitative estimate of drug-likeness (QED) is 0.514. The van der Waals surface area contributed by atoms with Gasteiger partial charge in [0.2, 0.25) is 11.7 Å². The summed E-state index contributed by atoms with van der Waals surface area (Å²) in [7, 11) is 4.39. The van der Waals surface area contributed by atoms with Crippen LogP contribution >= 0.6 is 15.9 Å². The van der Waals surface area contributed by atoms with Crippen molar-refractivity contribution in [3.05, 3.63) is 81.6 Å². The van der Waals surface area contributed by atoms with Crippen LogP contribution in [0.1, 0.15) is 27.5 Å². The molecule has 176 valence electrons. The number of anilines is 1. The highest BCUT2D eigenvalue weighted by molar-refractivity contribution is 9.10. The molecule has 34 heavy (non-hydrogen) atoms. The average Bonchev–Trinajstić information content (AvgIpc) is 2.98. The first-order chi connectivity index (χ1) is 16.4. The fourth-order valence-corrected chi connectivity index (χ4v) is 4.42. The van der Waals surface area contributed by atoms with Crippen LogP contribution in [0.15, 0.2) is 59.1 Å². The van der Waals surface area contributed by atoms with Crippen molar-refractivity contribution in [2.75, 3.05) is 33.2 Å². The van der Waals surface area contributed by atoms with Gasteiger partial charge in [-0.2, -0.15) is 0 Å². The van der Waals surface area contributed by atoms with E-state index in [1.807, 2.05) is 6.07 Å². The van der Waals surface area contributed by atoms with E-state index in [4.69, 9.17) is 14.2 Å². The van der Waals surface area contributed by atoms with Crippen LogP contribution in [0.5, 0.6) is 17.2 Å². The van der Waals surface area contributed by atoms with Gasteiger partial charge in [-0.1, -0.05) is 28.1 Å². The van der Waals surface area contributed by atoms with E-state index in [1.54, 1.807) is 24.3 Å². The van der Waals surface area contributed by atoms with Crippen LogP contribution in [-0.2, 0) is 4.79 Å². The summed E-state index contributed by atoms with van der Waals surface area (Å²) < 4.78 is 30.6. The van der Waals surface area contributed by atoms with Gasteiger partial charge >= 0.3 is 0 Å². The van der Waals surface area contributed by atoms with E-state index in [9.17, 15) is 14.0 Å². The molecule has 1 atom stereocenters. The molecule has 4 rings (SSSR count). The minimum atomic E-state index is -0.668. The molecule has 1 aliphatic heterocycles. The summed E-state index contributed by atoms with van der Waals surface area (Å²) in [4.78, 5) is 28.1. The summed E-state index contributed by atoms with van der Waals surface area (Å²) in [5, 5.41) is 2.86. The molecule has 0 unspecified atom stereocenters. The first-order valence-electron chi connectivity index (χ1n) is 10.3. The van der Waals surface area contributed by atoms with E-state index in [1.165, 1.54) is 50.5 Å². The van der Waals surface area contributed by atoms with Crippen molar-refractivity contribution in [1.82, 2.24) is 4.90 Å². The number of halogens is 2. The first-order valence-corrected chi connectivity index (χ1v) is 11.1. The number of methoxy groups -OCH3 is 3. The Hall–Kier alpha value is -3.59. The topological polar surface area (TPSA) is 77.1 Å². The van der Waals surface area contributed by atoms with Crippen molar-refractivity contribution in [3.63, 3.8) is 0 Å². The Morgan fingerprint density at radius 2 is 1.65 bits per heavy atom. The predicted octanol–water partition coefficient (Wildman–Crippen LogP) is 4.80. The van der Waals surface area contributed by atoms with Crippen LogP contribution in [-0.4, -0.2) is 44.6 Å². The van der Waals surface area contributed by atoms with Gasteiger partial charge in [0, 0.05) is 21.3 Å². The normalized spacial score (nSPS) is 15.1. The van der Waals surface area contributed by atoms with Crippen molar-refractivity contribution in [2.45, 2.75) is 6.04 Å². The molecule has 0 radical (unpaired) electrons. The standard InChI is InChI=1S/C25H22BrFN2O5/c1-32-20-10-15(11-21(33-2)24(20)34-3)25(31)29-13-22(30)28-19-9-6-16(26)12-18(19)23(29)14-4-7-17(27)8-5-14/h4-12,23H,13H2,1-3H3,(H,28,30)/t23-/m0/s1. The van der Waals surface area contributed by atoms with E-state index in [2.05, 4.69) is 21.2 Å². The Morgan fingerprint density at radius 3 is 2.24 bits per heavy atom. The van der Waals surface area contributed by atoms with Gasteiger partial charge in [-0.25, -0.2) is 4.39 Å². The van der Waals surface area contributed by atoms with E-state index in [0.717, 1.165) is 4.47 Å². The smallest absolute Gasteiger partial charge is 0.255 e. The third kappa shape index (κ3) is 4.43. The van der Waals surface area contributed by atoms with E-state index in [0.29, 0.717) is 34.1 Å². The van der Waals surface area contributed by atoms with Crippen LogP contribution in [0.3, 0.4) is 0 Å². The minimum absolute atomic E-state index is 0.218. The SMILES string of the molecule is COc1cc(C(=O)N2CC(=O)Nc3ccc(Br)cc3[C@@H]2c2ccc(F)cc2)cc(OC)c1OC. The van der Waals surface area contributed by atoms with Gasteiger partial charge in [-0.05, 0) is 48.0 Å². The maximum atomic E-state index is 13.9. The molecule has 0 fully saturated rings. The summed E-state index contributed by atoms with van der Waals surface area (Å²) in [6.45, 7) is -0.218. The lowest BCUT2D eigenvalue weighted by Crippen LogP contribution is -2.39. The van der Waals surface area contributed by atoms with Crippen LogP contribution in [0.4, 0.5) is 10.1 Å². The van der Waals surface area contributed by atoms with Crippen LogP contribution < -0.4 is 19.5 Å². The number of carbonyl (C=O) groups is 2. The fraction of sp³-hybridized carbons (Fsp3) is 0.200. The number of carbonyl (C=O) groups excluding carboxylic acids is 2. The molecule has 0 saturated heterocycles. The second kappa shape index (κ2) is 9.72. The van der Waals surface area contributed by atoms with Crippen molar-refractivity contribution < 1.29 is 28.2 Å². The van der Waals surface area contributed by atoms with Gasteiger partial charge in [0.05, 0.1) is 27.4 Å². The monoisotopic (exact) mass is 528 g/mol. The zero-order valence-electron chi connectivity index (χ0n) is 18.7. The van der Waals surface area contributed by atoms with E-state index in [-0.39, 0.29) is 18.0 Å². The van der Waals surface area contributed by atoms with Crippen molar-refractivity contribution in [2.24, 2.45) is 0 Å². The number of rotatable bonds is 5. The molecule has 0 saturated carbocycles. The van der Waals surface area contributed by atoms with E-state index < -0.39 is 17.8 Å². The molecule has 1 heterocycles. The maximum absolute atomic E-state index is 13.9. The Bertz CT molecular complexity index is 1220. The minimum Gasteiger partial charge on any atom is -0.493 e. The molecule has 0 aromatic heterocycles. The lowest BCUT2D eigenvalue weighted by atomic mass is 9.95. The van der Waals surface area contributed by atoms with Crippen molar-refractivity contribution in [3.8, 4) is 17.2 Å². The summed E-state index contributed by atoms with van der Waals surface area (Å²) >= 11 is 3.48. The molecule has 0 spiro atoms. The second-order valence-electron chi connectivity index (χ2n) is 7.58. The van der Waals surface area contributed by atoms with Gasteiger partial charge in [0.25, 0.3) is 5.91 Å². The van der Waals surface area contributed by atoms with Gasteiger partial charge < -0.3 is 24.4 Å². The molecular formula is C25H22BrFN2O5. The van der Waals surface area contributed by atoms with Gasteiger partial charge in [-0.3, -0.25) is 9.59 Å². The number of ether oxygens (including phenoxy) is 3. The van der Waals surface area contributed by atoms with Crippen LogP contribution in [0.25, 0.3) is 0 Å². The molecule has 1 N–H and O–H groups in total. The summed E-state index contributed by atoms with van der Waals surface area (Å²) in [5.74, 6) is -0.217. The maximum Gasteiger partial charge on any atom is 0.255 e. The summed E-state index contributed by atoms with van der Waals surface area (Å²) in [5.41, 5.74) is 2.15. The highest BCUT2D eigenvalue weighted by Gasteiger charge is 2.35. The van der Waals surface area contributed by atoms with Gasteiger partial charge in [0.1, 0.15) is 12.4 Å². The molecule has 7 nitrogen and oxygen atoms in total. The highest BCUT2D eigenvalue weighted by Crippen LogP contribution is 2.41. The fourth-order valence-electron chi connectivity index (χ4n) is 4.04. The van der Waals surface area contributed by atoms with E-state index >= 15 is 0 Å². The molecular weight excluding hydrogens is 507 g/mol. The van der Waals surface area contributed by atoms with Crippen LogP contribution in [0.2, 0.25) is 0 Å². The largest absolute Gasteiger partial charge is 0.493 e. The predicted molar refractivity (Wildman–Crippen MR) is 128 cm³/mol. The molecule has 0 aliphatic carbocycles. The molecule has 9 heteroatoms. The average molecular weight is 529 g/mol. The van der Waals surface area contributed by atoms with Crippen LogP contribution in [0, 0.1) is 5.82 Å². The zero-order valence-corrected chi connectivity index (χ0v) is 20.3. The second-order valence-corrected chi connectivity index (χ2v) is 8.50. The van der Waals surface area contributed by atoms with Gasteiger partial charge in [-0.15, -0.1) is 0 Å². The summed E-state index contributed by atoms with van der Waals surface area (Å²) in [6, 6.07) is 13.7. The summed E-state index contributed by atoms with van der Waals surface area (Å²) in [6.07, 6.45) is 0. The Kier molecular flexibility index (Phi) is 6.74. The Labute approximate surface area is 204 Å². The molecule has 0 bridgehead atoms. The third-order valence-corrected chi connectivity index (χ3v) is 6.06. The number of nitrogens with one attached hydrogen (secondary N) is 1.